The second-order valence-electron chi connectivity index (χ2n) is 8.80. The summed E-state index contributed by atoms with van der Waals surface area (Å²) in [5.74, 6) is -0.329. The number of nitrogen functional groups attached to an aromatic ring is 1. The molecule has 0 aliphatic carbocycles. The van der Waals surface area contributed by atoms with Crippen LogP contribution in [0, 0.1) is 5.82 Å². The molecule has 1 saturated heterocycles. The van der Waals surface area contributed by atoms with Gasteiger partial charge in [0.2, 0.25) is 15.9 Å². The first-order valence-corrected chi connectivity index (χ1v) is 13.5. The van der Waals surface area contributed by atoms with Crippen molar-refractivity contribution in [2.75, 3.05) is 17.2 Å². The van der Waals surface area contributed by atoms with Crippen LogP contribution in [0.3, 0.4) is 0 Å². The van der Waals surface area contributed by atoms with Gasteiger partial charge in [0.15, 0.2) is 11.6 Å². The number of halogens is 2. The first kappa shape index (κ1) is 25.9. The highest BCUT2D eigenvalue weighted by Crippen LogP contribution is 2.39. The zero-order valence-corrected chi connectivity index (χ0v) is 21.3. The van der Waals surface area contributed by atoms with Crippen LogP contribution < -0.4 is 20.5 Å². The predicted molar refractivity (Wildman–Crippen MR) is 138 cm³/mol. The van der Waals surface area contributed by atoms with Crippen LogP contribution in [0.5, 0.6) is 11.5 Å². The fourth-order valence-electron chi connectivity index (χ4n) is 4.34. The highest BCUT2D eigenvalue weighted by atomic mass is 35.5. The highest BCUT2D eigenvalue weighted by molar-refractivity contribution is 7.89. The van der Waals surface area contributed by atoms with Crippen molar-refractivity contribution in [1.29, 1.82) is 0 Å². The molecule has 0 bridgehead atoms. The van der Waals surface area contributed by atoms with Crippen LogP contribution >= 0.6 is 11.6 Å². The smallest absolute Gasteiger partial charge is 0.240 e. The summed E-state index contributed by atoms with van der Waals surface area (Å²) in [5, 5.41) is 5.51. The summed E-state index contributed by atoms with van der Waals surface area (Å²) in [4.78, 5) is 14.2. The van der Waals surface area contributed by atoms with Crippen LogP contribution in [0.2, 0.25) is 5.02 Å². The van der Waals surface area contributed by atoms with E-state index >= 15 is 0 Å². The summed E-state index contributed by atoms with van der Waals surface area (Å²) >= 11 is 6.39. The molecule has 1 amide bonds. The number of nitrogens with zero attached hydrogens (tertiary/aromatic N) is 1. The van der Waals surface area contributed by atoms with Gasteiger partial charge < -0.3 is 15.4 Å². The lowest BCUT2D eigenvalue weighted by molar-refractivity contribution is -0.117. The molecule has 0 aromatic heterocycles. The van der Waals surface area contributed by atoms with Crippen molar-refractivity contribution in [3.63, 3.8) is 0 Å². The molecule has 1 heterocycles. The van der Waals surface area contributed by atoms with E-state index in [1.165, 1.54) is 24.3 Å². The highest BCUT2D eigenvalue weighted by Gasteiger charge is 2.32. The van der Waals surface area contributed by atoms with Crippen LogP contribution in [0.15, 0.2) is 59.5 Å². The standard InChI is InChI=1S/C26H27ClFN3O4S/c1-2-3-5-16-6-4-7-21(28)26(16)35-23-12-17(8-10-20(23)27)18-13-25(32)31(15-18)19-9-11-24(22(29)14-19)36(30,33)34/h4,6-12,14,18H,2-3,5,13,15,29H2,1H3,(H2,30,33,34)/t18-/m0/s1. The summed E-state index contributed by atoms with van der Waals surface area (Å²) in [5.41, 5.74) is 7.89. The Kier molecular flexibility index (Phi) is 7.54. The molecule has 1 fully saturated rings. The molecule has 1 aliphatic rings. The molecule has 0 saturated carbocycles. The Balaban J connectivity index is 1.58. The summed E-state index contributed by atoms with van der Waals surface area (Å²) < 4.78 is 43.9. The number of benzene rings is 3. The van der Waals surface area contributed by atoms with Crippen molar-refractivity contribution in [3.8, 4) is 11.5 Å². The van der Waals surface area contributed by atoms with E-state index in [9.17, 15) is 17.6 Å². The van der Waals surface area contributed by atoms with E-state index in [1.807, 2.05) is 12.1 Å². The molecule has 190 valence electrons. The zero-order valence-electron chi connectivity index (χ0n) is 19.7. The molecule has 7 nitrogen and oxygen atoms in total. The van der Waals surface area contributed by atoms with Crippen LogP contribution in [0.25, 0.3) is 0 Å². The lowest BCUT2D eigenvalue weighted by Gasteiger charge is -2.19. The van der Waals surface area contributed by atoms with Gasteiger partial charge in [0, 0.05) is 24.6 Å². The maximum Gasteiger partial charge on any atom is 0.240 e. The maximum absolute atomic E-state index is 14.6. The monoisotopic (exact) mass is 531 g/mol. The quantitative estimate of drug-likeness (QED) is 0.379. The Hall–Kier alpha value is -3.14. The number of hydrogen-bond donors (Lipinski definition) is 2. The number of nitrogens with two attached hydrogens (primary N) is 2. The number of para-hydroxylation sites is 1. The molecular formula is C26H27ClFN3O4S. The molecule has 0 spiro atoms. The van der Waals surface area contributed by atoms with E-state index in [4.69, 9.17) is 27.2 Å². The Labute approximate surface area is 214 Å². The molecule has 36 heavy (non-hydrogen) atoms. The third-order valence-electron chi connectivity index (χ3n) is 6.22. The van der Waals surface area contributed by atoms with Crippen molar-refractivity contribution >= 4 is 38.9 Å². The minimum absolute atomic E-state index is 0.0304. The number of aryl methyl sites for hydroxylation is 1. The third kappa shape index (κ3) is 5.48. The fraction of sp³-hybridized carbons (Fsp3) is 0.269. The number of sulfonamides is 1. The molecule has 0 unspecified atom stereocenters. The molecule has 4 N–H and O–H groups in total. The fourth-order valence-corrected chi connectivity index (χ4v) is 5.14. The Bertz CT molecular complexity index is 1410. The van der Waals surface area contributed by atoms with Crippen LogP contribution in [0.4, 0.5) is 15.8 Å². The number of carbonyl (C=O) groups excluding carboxylic acids is 1. The van der Waals surface area contributed by atoms with Gasteiger partial charge in [-0.2, -0.15) is 0 Å². The molecular weight excluding hydrogens is 505 g/mol. The number of anilines is 2. The predicted octanol–water partition coefficient (Wildman–Crippen LogP) is 5.36. The molecule has 4 rings (SSSR count). The number of unbranched alkanes of at least 4 members (excludes halogenated alkanes) is 1. The molecule has 3 aromatic rings. The Morgan fingerprint density at radius 3 is 2.64 bits per heavy atom. The SMILES string of the molecule is CCCCc1cccc(F)c1Oc1cc([C@H]2CC(=O)N(c3ccc(S(N)(=O)=O)c(N)c3)C2)ccc1Cl. The second kappa shape index (κ2) is 10.5. The number of primary sulfonamides is 1. The van der Waals surface area contributed by atoms with Gasteiger partial charge >= 0.3 is 0 Å². The molecule has 1 aliphatic heterocycles. The first-order valence-electron chi connectivity index (χ1n) is 11.6. The van der Waals surface area contributed by atoms with Crippen LogP contribution in [-0.2, 0) is 21.2 Å². The zero-order chi connectivity index (χ0) is 26.0. The van der Waals surface area contributed by atoms with Crippen molar-refractivity contribution in [3.05, 3.63) is 76.6 Å². The lowest BCUT2D eigenvalue weighted by Crippen LogP contribution is -2.24. The topological polar surface area (TPSA) is 116 Å². The van der Waals surface area contributed by atoms with Gasteiger partial charge in [-0.05, 0) is 60.4 Å². The number of amides is 1. The van der Waals surface area contributed by atoms with E-state index in [2.05, 4.69) is 6.92 Å². The molecule has 1 atom stereocenters. The lowest BCUT2D eigenvalue weighted by atomic mass is 9.98. The Morgan fingerprint density at radius 1 is 1.17 bits per heavy atom. The van der Waals surface area contributed by atoms with Crippen LogP contribution in [-0.4, -0.2) is 20.9 Å². The summed E-state index contributed by atoms with van der Waals surface area (Å²) in [6.45, 7) is 2.41. The third-order valence-corrected chi connectivity index (χ3v) is 7.52. The minimum atomic E-state index is -3.97. The van der Waals surface area contributed by atoms with Gasteiger partial charge in [-0.15, -0.1) is 0 Å². The van der Waals surface area contributed by atoms with Gasteiger partial charge in [0.1, 0.15) is 10.6 Å². The number of carbonyl (C=O) groups is 1. The van der Waals surface area contributed by atoms with Crippen molar-refractivity contribution in [1.82, 2.24) is 0 Å². The molecule has 10 heteroatoms. The van der Waals surface area contributed by atoms with Gasteiger partial charge in [0.05, 0.1) is 10.7 Å². The van der Waals surface area contributed by atoms with Gasteiger partial charge in [0.25, 0.3) is 0 Å². The average Bonchev–Trinajstić information content (AvgIpc) is 3.21. The average molecular weight is 532 g/mol. The van der Waals surface area contributed by atoms with Crippen LogP contribution in [0.1, 0.15) is 43.2 Å². The van der Waals surface area contributed by atoms with E-state index in [1.54, 1.807) is 23.1 Å². The molecule has 3 aromatic carbocycles. The van der Waals surface area contributed by atoms with Gasteiger partial charge in [-0.25, -0.2) is 17.9 Å². The second-order valence-corrected chi connectivity index (χ2v) is 10.7. The minimum Gasteiger partial charge on any atom is -0.452 e. The van der Waals surface area contributed by atoms with Gasteiger partial charge in [-0.3, -0.25) is 4.79 Å². The van der Waals surface area contributed by atoms with Crippen molar-refractivity contribution < 1.29 is 22.3 Å². The van der Waals surface area contributed by atoms with Gasteiger partial charge in [-0.1, -0.05) is 43.1 Å². The largest absolute Gasteiger partial charge is 0.452 e. The van der Waals surface area contributed by atoms with E-state index in [0.29, 0.717) is 29.4 Å². The first-order chi connectivity index (χ1) is 17.1. The van der Waals surface area contributed by atoms with E-state index in [0.717, 1.165) is 24.0 Å². The molecule has 0 radical (unpaired) electrons. The van der Waals surface area contributed by atoms with Crippen molar-refractivity contribution in [2.45, 2.75) is 43.4 Å². The van der Waals surface area contributed by atoms with E-state index < -0.39 is 15.8 Å². The summed E-state index contributed by atoms with van der Waals surface area (Å²) in [6.07, 6.45) is 2.77. The van der Waals surface area contributed by atoms with Crippen molar-refractivity contribution in [2.24, 2.45) is 5.14 Å². The Morgan fingerprint density at radius 2 is 1.94 bits per heavy atom. The number of rotatable bonds is 8. The van der Waals surface area contributed by atoms with E-state index in [-0.39, 0.29) is 34.6 Å². The maximum atomic E-state index is 14.6. The summed E-state index contributed by atoms with van der Waals surface area (Å²) in [6, 6.07) is 14.3. The normalized spacial score (nSPS) is 15.9. The number of hydrogen-bond acceptors (Lipinski definition) is 5. The summed E-state index contributed by atoms with van der Waals surface area (Å²) in [7, 11) is -3.97. The number of ether oxygens (including phenoxy) is 1.